The first-order valence-electron chi connectivity index (χ1n) is 11.7. The largest absolute Gasteiger partial charge is 0.506 e. The fourth-order valence-corrected chi connectivity index (χ4v) is 3.90. The van der Waals surface area contributed by atoms with E-state index in [0.29, 0.717) is 41.7 Å². The van der Waals surface area contributed by atoms with E-state index < -0.39 is 17.4 Å². The average molecular weight is 467 g/mol. The average Bonchev–Trinajstić information content (AvgIpc) is 2.85. The van der Waals surface area contributed by atoms with Crippen molar-refractivity contribution in [3.8, 4) is 5.75 Å². The monoisotopic (exact) mass is 466 g/mol. The molecule has 0 atom stereocenters. The standard InChI is InChI=1S/C26H31N3O5/c1-4-15-29-21-10-8-7-9-20(21)23(30)22(25(29)32)24(31)27-19-13-11-18(12-14-19)26(33)34-17-16-28(5-2)6-3/h7-14,30H,4-6,15-17H2,1-3H3,(H,27,31)/p+1. The van der Waals surface area contributed by atoms with Gasteiger partial charge in [0.2, 0.25) is 0 Å². The molecule has 8 nitrogen and oxygen atoms in total. The number of benzene rings is 2. The minimum absolute atomic E-state index is 0.311. The van der Waals surface area contributed by atoms with E-state index in [0.717, 1.165) is 19.6 Å². The molecular formula is C26H32N3O5+. The van der Waals surface area contributed by atoms with Gasteiger partial charge in [0.25, 0.3) is 11.5 Å². The van der Waals surface area contributed by atoms with Gasteiger partial charge in [-0.15, -0.1) is 0 Å². The predicted octanol–water partition coefficient (Wildman–Crippen LogP) is 2.45. The molecule has 1 aromatic heterocycles. The SMILES string of the molecule is CCCn1c(=O)c(C(=O)Nc2ccc(C(=O)OCC[NH+](CC)CC)cc2)c(O)c2ccccc21. The lowest BCUT2D eigenvalue weighted by molar-refractivity contribution is -0.896. The summed E-state index contributed by atoms with van der Waals surface area (Å²) in [5.41, 5.74) is 0.476. The number of amides is 1. The van der Waals surface area contributed by atoms with Crippen LogP contribution in [0.1, 0.15) is 47.9 Å². The molecule has 0 aliphatic carbocycles. The third-order valence-corrected chi connectivity index (χ3v) is 5.89. The Morgan fingerprint density at radius 3 is 2.35 bits per heavy atom. The lowest BCUT2D eigenvalue weighted by Crippen LogP contribution is -3.11. The molecule has 0 aliphatic heterocycles. The van der Waals surface area contributed by atoms with Crippen LogP contribution in [0, 0.1) is 0 Å². The van der Waals surface area contributed by atoms with Crippen LogP contribution in [-0.2, 0) is 11.3 Å². The lowest BCUT2D eigenvalue weighted by Gasteiger charge is -2.15. The fraction of sp³-hybridized carbons (Fsp3) is 0.346. The van der Waals surface area contributed by atoms with Gasteiger partial charge in [-0.05, 0) is 56.7 Å². The summed E-state index contributed by atoms with van der Waals surface area (Å²) in [6.07, 6.45) is 0.698. The number of likely N-dealkylation sites (N-methyl/N-ethyl adjacent to an activating group) is 1. The quantitative estimate of drug-likeness (QED) is 0.399. The molecule has 0 aliphatic rings. The Bertz CT molecular complexity index is 1210. The molecule has 0 bridgehead atoms. The number of carbonyl (C=O) groups excluding carboxylic acids is 2. The van der Waals surface area contributed by atoms with Gasteiger partial charge in [0.1, 0.15) is 24.5 Å². The Kier molecular flexibility index (Phi) is 8.43. The van der Waals surface area contributed by atoms with Crippen LogP contribution >= 0.6 is 0 Å². The molecule has 3 aromatic rings. The fourth-order valence-electron chi connectivity index (χ4n) is 3.90. The second kappa shape index (κ2) is 11.5. The molecule has 0 saturated heterocycles. The van der Waals surface area contributed by atoms with E-state index >= 15 is 0 Å². The summed E-state index contributed by atoms with van der Waals surface area (Å²) in [7, 11) is 0. The number of quaternary nitrogens is 1. The Morgan fingerprint density at radius 1 is 1.03 bits per heavy atom. The number of hydrogen-bond donors (Lipinski definition) is 3. The molecule has 180 valence electrons. The summed E-state index contributed by atoms with van der Waals surface area (Å²) in [4.78, 5) is 39.6. The van der Waals surface area contributed by atoms with Crippen LogP contribution in [-0.4, -0.2) is 47.8 Å². The molecule has 2 aromatic carbocycles. The van der Waals surface area contributed by atoms with E-state index in [1.807, 2.05) is 6.92 Å². The van der Waals surface area contributed by atoms with E-state index in [-0.39, 0.29) is 11.3 Å². The number of anilines is 1. The van der Waals surface area contributed by atoms with E-state index in [2.05, 4.69) is 19.2 Å². The number of pyridine rings is 1. The molecule has 0 radical (unpaired) electrons. The number of para-hydroxylation sites is 1. The van der Waals surface area contributed by atoms with Crippen LogP contribution in [0.15, 0.2) is 53.3 Å². The molecule has 0 saturated carbocycles. The molecule has 3 rings (SSSR count). The van der Waals surface area contributed by atoms with Gasteiger partial charge in [0.05, 0.1) is 24.2 Å². The summed E-state index contributed by atoms with van der Waals surface area (Å²) >= 11 is 0. The van der Waals surface area contributed by atoms with Gasteiger partial charge >= 0.3 is 5.97 Å². The highest BCUT2D eigenvalue weighted by Crippen LogP contribution is 2.27. The maximum absolute atomic E-state index is 13.0. The van der Waals surface area contributed by atoms with Crippen LogP contribution in [0.5, 0.6) is 5.75 Å². The Labute approximate surface area is 198 Å². The van der Waals surface area contributed by atoms with Crippen LogP contribution < -0.4 is 15.8 Å². The number of aromatic hydroxyl groups is 1. The van der Waals surface area contributed by atoms with E-state index in [4.69, 9.17) is 4.74 Å². The zero-order chi connectivity index (χ0) is 24.7. The van der Waals surface area contributed by atoms with E-state index in [9.17, 15) is 19.5 Å². The molecule has 1 amide bonds. The number of esters is 1. The van der Waals surface area contributed by atoms with Gasteiger partial charge in [-0.2, -0.15) is 0 Å². The van der Waals surface area contributed by atoms with Crippen molar-refractivity contribution in [3.63, 3.8) is 0 Å². The lowest BCUT2D eigenvalue weighted by atomic mass is 10.1. The summed E-state index contributed by atoms with van der Waals surface area (Å²) in [5.74, 6) is -1.49. The van der Waals surface area contributed by atoms with Crippen LogP contribution in [0.4, 0.5) is 5.69 Å². The molecule has 0 fully saturated rings. The van der Waals surface area contributed by atoms with Crippen molar-refractivity contribution in [3.05, 3.63) is 70.0 Å². The molecule has 8 heteroatoms. The molecule has 0 unspecified atom stereocenters. The number of ether oxygens (including phenoxy) is 1. The minimum atomic E-state index is -0.712. The van der Waals surface area contributed by atoms with Crippen LogP contribution in [0.3, 0.4) is 0 Å². The number of aromatic nitrogens is 1. The predicted molar refractivity (Wildman–Crippen MR) is 132 cm³/mol. The third kappa shape index (κ3) is 5.46. The molecule has 3 N–H and O–H groups in total. The van der Waals surface area contributed by atoms with Crippen molar-refractivity contribution in [1.29, 1.82) is 0 Å². The first kappa shape index (κ1) is 25.0. The number of aryl methyl sites for hydroxylation is 1. The first-order chi connectivity index (χ1) is 16.4. The maximum Gasteiger partial charge on any atom is 0.338 e. The normalized spacial score (nSPS) is 11.1. The van der Waals surface area contributed by atoms with Crippen molar-refractivity contribution in [1.82, 2.24) is 4.57 Å². The van der Waals surface area contributed by atoms with Gasteiger partial charge in [-0.3, -0.25) is 9.59 Å². The minimum Gasteiger partial charge on any atom is -0.506 e. The molecule has 1 heterocycles. The van der Waals surface area contributed by atoms with Crippen molar-refractivity contribution >= 4 is 28.5 Å². The maximum atomic E-state index is 13.0. The zero-order valence-electron chi connectivity index (χ0n) is 19.9. The van der Waals surface area contributed by atoms with Gasteiger partial charge in [0.15, 0.2) is 0 Å². The summed E-state index contributed by atoms with van der Waals surface area (Å²) in [6.45, 7) is 9.56. The molecule has 34 heavy (non-hydrogen) atoms. The van der Waals surface area contributed by atoms with E-state index in [1.54, 1.807) is 48.5 Å². The van der Waals surface area contributed by atoms with Gasteiger partial charge in [-0.25, -0.2) is 4.79 Å². The molecular weight excluding hydrogens is 434 g/mol. The molecule has 0 spiro atoms. The highest BCUT2D eigenvalue weighted by molar-refractivity contribution is 6.09. The summed E-state index contributed by atoms with van der Waals surface area (Å²) < 4.78 is 6.84. The highest BCUT2D eigenvalue weighted by atomic mass is 16.5. The van der Waals surface area contributed by atoms with Crippen molar-refractivity contribution in [2.24, 2.45) is 0 Å². The highest BCUT2D eigenvalue weighted by Gasteiger charge is 2.22. The van der Waals surface area contributed by atoms with E-state index in [1.165, 1.54) is 9.47 Å². The number of nitrogens with one attached hydrogen (secondary N) is 2. The second-order valence-electron chi connectivity index (χ2n) is 8.07. The van der Waals surface area contributed by atoms with Crippen molar-refractivity contribution in [2.45, 2.75) is 33.7 Å². The number of nitrogens with zero attached hydrogens (tertiary/aromatic N) is 1. The number of fused-ring (bicyclic) bond motifs is 1. The first-order valence-corrected chi connectivity index (χ1v) is 11.7. The zero-order valence-corrected chi connectivity index (χ0v) is 19.9. The number of carbonyl (C=O) groups is 2. The topological polar surface area (TPSA) is 102 Å². The van der Waals surface area contributed by atoms with Crippen LogP contribution in [0.25, 0.3) is 10.9 Å². The van der Waals surface area contributed by atoms with Gasteiger partial charge < -0.3 is 24.6 Å². The van der Waals surface area contributed by atoms with Gasteiger partial charge in [0, 0.05) is 17.6 Å². The summed E-state index contributed by atoms with van der Waals surface area (Å²) in [5, 5.41) is 13.8. The Balaban J connectivity index is 1.76. The third-order valence-electron chi connectivity index (χ3n) is 5.89. The van der Waals surface area contributed by atoms with Crippen LogP contribution in [0.2, 0.25) is 0 Å². The number of rotatable bonds is 10. The van der Waals surface area contributed by atoms with Crippen molar-refractivity contribution < 1.29 is 24.3 Å². The Morgan fingerprint density at radius 2 is 1.71 bits per heavy atom. The Hall–Kier alpha value is -3.65. The summed E-state index contributed by atoms with van der Waals surface area (Å²) in [6, 6.07) is 13.2. The number of hydrogen-bond acceptors (Lipinski definition) is 5. The van der Waals surface area contributed by atoms with Gasteiger partial charge in [-0.1, -0.05) is 19.1 Å². The second-order valence-corrected chi connectivity index (χ2v) is 8.07. The van der Waals surface area contributed by atoms with Crippen molar-refractivity contribution in [2.75, 3.05) is 31.6 Å². The smallest absolute Gasteiger partial charge is 0.338 e.